The second-order valence-corrected chi connectivity index (χ2v) is 5.36. The molecule has 98 valence electrons. The molecule has 2 N–H and O–H groups in total. The zero-order chi connectivity index (χ0) is 12.6. The summed E-state index contributed by atoms with van der Waals surface area (Å²) >= 11 is 0. The highest BCUT2D eigenvalue weighted by Gasteiger charge is 2.11. The van der Waals surface area contributed by atoms with Crippen LogP contribution < -0.4 is 11.0 Å². The maximum Gasteiger partial charge on any atom is 0.102 e. The number of hydrogen-bond donors (Lipinski definition) is 2. The summed E-state index contributed by atoms with van der Waals surface area (Å²) in [7, 11) is 0. The first kappa shape index (κ1) is 15.8. The Morgan fingerprint density at radius 1 is 1.06 bits per heavy atom. The van der Waals surface area contributed by atoms with E-state index in [0.717, 1.165) is 12.8 Å². The van der Waals surface area contributed by atoms with E-state index in [2.05, 4.69) is 45.6 Å². The van der Waals surface area contributed by atoms with Crippen molar-refractivity contribution in [1.82, 2.24) is 11.0 Å². The van der Waals surface area contributed by atoms with E-state index in [1.807, 2.05) is 6.92 Å². The monoisotopic (exact) mass is 232 g/mol. The van der Waals surface area contributed by atoms with Crippen molar-refractivity contribution in [1.29, 1.82) is 0 Å². The molecule has 0 rings (SSSR count). The molecule has 0 aliphatic carbocycles. The second kappa shape index (κ2) is 8.01. The Hall–Kier alpha value is -0.160. The molecule has 0 aliphatic heterocycles. The van der Waals surface area contributed by atoms with Gasteiger partial charge in [-0.2, -0.15) is 11.0 Å². The van der Waals surface area contributed by atoms with Crippen molar-refractivity contribution in [3.63, 3.8) is 0 Å². The van der Waals surface area contributed by atoms with E-state index in [1.165, 1.54) is 0 Å². The third-order valence-electron chi connectivity index (χ3n) is 2.09. The summed E-state index contributed by atoms with van der Waals surface area (Å²) in [5.74, 6) is 0. The summed E-state index contributed by atoms with van der Waals surface area (Å²) < 4.78 is 0. The Labute approximate surface area is 100.0 Å². The first-order valence-corrected chi connectivity index (χ1v) is 6.17. The highest BCUT2D eigenvalue weighted by atomic mass is 16.7. The van der Waals surface area contributed by atoms with E-state index in [1.54, 1.807) is 0 Å². The fourth-order valence-corrected chi connectivity index (χ4v) is 1.06. The van der Waals surface area contributed by atoms with Gasteiger partial charge in [0.1, 0.15) is 6.17 Å². The van der Waals surface area contributed by atoms with Crippen LogP contribution in [0.15, 0.2) is 0 Å². The highest BCUT2D eigenvalue weighted by molar-refractivity contribution is 4.58. The van der Waals surface area contributed by atoms with Gasteiger partial charge in [-0.1, -0.05) is 34.6 Å². The van der Waals surface area contributed by atoms with Gasteiger partial charge in [0.05, 0.1) is 12.7 Å². The molecule has 0 amide bonds. The number of hydrogen-bond acceptors (Lipinski definition) is 4. The summed E-state index contributed by atoms with van der Waals surface area (Å²) in [6, 6.07) is 0. The molecule has 0 bridgehead atoms. The van der Waals surface area contributed by atoms with Crippen molar-refractivity contribution < 1.29 is 9.68 Å². The molecule has 0 aromatic rings. The van der Waals surface area contributed by atoms with Gasteiger partial charge in [-0.05, 0) is 25.2 Å². The quantitative estimate of drug-likeness (QED) is 0.499. The van der Waals surface area contributed by atoms with E-state index in [-0.39, 0.29) is 17.7 Å². The number of nitrogens with one attached hydrogen (secondary N) is 2. The molecule has 0 fully saturated rings. The molecule has 0 aromatic heterocycles. The molecule has 0 saturated carbocycles. The molecule has 1 unspecified atom stereocenters. The van der Waals surface area contributed by atoms with E-state index in [0.29, 0.717) is 6.61 Å². The van der Waals surface area contributed by atoms with E-state index >= 15 is 0 Å². The Morgan fingerprint density at radius 2 is 1.62 bits per heavy atom. The van der Waals surface area contributed by atoms with Crippen LogP contribution in [0.3, 0.4) is 0 Å². The van der Waals surface area contributed by atoms with E-state index in [4.69, 9.17) is 9.68 Å². The molecule has 0 aliphatic rings. The SMILES string of the molecule is CCC(CC)ONC(C)NOCC(C)(C)C. The van der Waals surface area contributed by atoms with Crippen molar-refractivity contribution in [3.8, 4) is 0 Å². The van der Waals surface area contributed by atoms with Gasteiger partial charge < -0.3 is 0 Å². The van der Waals surface area contributed by atoms with Crippen LogP contribution in [0.5, 0.6) is 0 Å². The fourth-order valence-electron chi connectivity index (χ4n) is 1.06. The topological polar surface area (TPSA) is 42.5 Å². The fraction of sp³-hybridized carbons (Fsp3) is 1.00. The third kappa shape index (κ3) is 9.09. The smallest absolute Gasteiger partial charge is 0.102 e. The Morgan fingerprint density at radius 3 is 2.06 bits per heavy atom. The van der Waals surface area contributed by atoms with Crippen LogP contribution in [-0.2, 0) is 9.68 Å². The van der Waals surface area contributed by atoms with Gasteiger partial charge in [0.15, 0.2) is 0 Å². The Balaban J connectivity index is 3.55. The molecule has 4 heteroatoms. The predicted octanol–water partition coefficient (Wildman–Crippen LogP) is 2.61. The highest BCUT2D eigenvalue weighted by Crippen LogP contribution is 2.11. The van der Waals surface area contributed by atoms with Crippen molar-refractivity contribution in [2.24, 2.45) is 5.41 Å². The van der Waals surface area contributed by atoms with Crippen LogP contribution in [0.25, 0.3) is 0 Å². The molecule has 0 saturated heterocycles. The van der Waals surface area contributed by atoms with Crippen molar-refractivity contribution >= 4 is 0 Å². The molecule has 0 heterocycles. The van der Waals surface area contributed by atoms with Gasteiger partial charge in [0.2, 0.25) is 0 Å². The lowest BCUT2D eigenvalue weighted by Gasteiger charge is -2.22. The molecule has 0 radical (unpaired) electrons. The van der Waals surface area contributed by atoms with Gasteiger partial charge in [0.25, 0.3) is 0 Å². The Kier molecular flexibility index (Phi) is 7.93. The summed E-state index contributed by atoms with van der Waals surface area (Å²) in [4.78, 5) is 10.9. The van der Waals surface area contributed by atoms with Gasteiger partial charge in [0, 0.05) is 0 Å². The maximum absolute atomic E-state index is 5.49. The van der Waals surface area contributed by atoms with E-state index in [9.17, 15) is 0 Å². The summed E-state index contributed by atoms with van der Waals surface area (Å²) in [5, 5.41) is 0. The molecule has 4 nitrogen and oxygen atoms in total. The number of hydroxylamine groups is 2. The van der Waals surface area contributed by atoms with Gasteiger partial charge in [-0.25, -0.2) is 0 Å². The standard InChI is InChI=1S/C12H28N2O2/c1-7-11(8-2)16-14-10(3)13-15-9-12(4,5)6/h10-11,13-14H,7-9H2,1-6H3. The minimum absolute atomic E-state index is 0.0112. The van der Waals surface area contributed by atoms with Gasteiger partial charge >= 0.3 is 0 Å². The lowest BCUT2D eigenvalue weighted by Crippen LogP contribution is -2.42. The zero-order valence-corrected chi connectivity index (χ0v) is 11.6. The van der Waals surface area contributed by atoms with Crippen LogP contribution in [0.2, 0.25) is 0 Å². The van der Waals surface area contributed by atoms with Crippen LogP contribution >= 0.6 is 0 Å². The average molecular weight is 232 g/mol. The lowest BCUT2D eigenvalue weighted by atomic mass is 9.99. The Bertz CT molecular complexity index is 165. The second-order valence-electron chi connectivity index (χ2n) is 5.36. The molecular formula is C12H28N2O2. The average Bonchev–Trinajstić information content (AvgIpc) is 2.17. The van der Waals surface area contributed by atoms with Crippen LogP contribution in [-0.4, -0.2) is 18.9 Å². The first-order chi connectivity index (χ1) is 7.39. The summed E-state index contributed by atoms with van der Waals surface area (Å²) in [6.45, 7) is 13.3. The van der Waals surface area contributed by atoms with Crippen molar-refractivity contribution in [2.45, 2.75) is 66.7 Å². The van der Waals surface area contributed by atoms with Crippen molar-refractivity contribution in [3.05, 3.63) is 0 Å². The maximum atomic E-state index is 5.49. The predicted molar refractivity (Wildman–Crippen MR) is 66.6 cm³/mol. The molecule has 1 atom stereocenters. The minimum Gasteiger partial charge on any atom is -0.300 e. The normalized spacial score (nSPS) is 14.4. The minimum atomic E-state index is -0.0112. The van der Waals surface area contributed by atoms with Gasteiger partial charge in [-0.3, -0.25) is 9.68 Å². The van der Waals surface area contributed by atoms with Gasteiger partial charge in [-0.15, -0.1) is 0 Å². The van der Waals surface area contributed by atoms with Crippen LogP contribution in [0.1, 0.15) is 54.4 Å². The summed E-state index contributed by atoms with van der Waals surface area (Å²) in [6.07, 6.45) is 2.29. The largest absolute Gasteiger partial charge is 0.300 e. The third-order valence-corrected chi connectivity index (χ3v) is 2.09. The lowest BCUT2D eigenvalue weighted by molar-refractivity contribution is -0.0983. The molecule has 0 aromatic carbocycles. The molecule has 16 heavy (non-hydrogen) atoms. The molecule has 0 spiro atoms. The summed E-state index contributed by atoms with van der Waals surface area (Å²) in [5.41, 5.74) is 6.01. The van der Waals surface area contributed by atoms with E-state index < -0.39 is 0 Å². The van der Waals surface area contributed by atoms with Crippen LogP contribution in [0.4, 0.5) is 0 Å². The van der Waals surface area contributed by atoms with Crippen molar-refractivity contribution in [2.75, 3.05) is 6.61 Å². The molecular weight excluding hydrogens is 204 g/mol. The first-order valence-electron chi connectivity index (χ1n) is 6.17. The number of rotatable bonds is 8. The zero-order valence-electron chi connectivity index (χ0n) is 11.6. The van der Waals surface area contributed by atoms with Crippen LogP contribution in [0, 0.1) is 5.41 Å².